The number of benzene rings is 1. The molecule has 0 spiro atoms. The summed E-state index contributed by atoms with van der Waals surface area (Å²) in [5, 5.41) is 3.19. The zero-order valence-corrected chi connectivity index (χ0v) is 17.8. The van der Waals surface area contributed by atoms with E-state index in [0.29, 0.717) is 18.8 Å². The third-order valence-electron chi connectivity index (χ3n) is 5.26. The molecule has 1 heterocycles. The SMILES string of the molecule is CNCCC1CCN(C(=O)CCC(=O)c2ccc(CC(C)C)cc2)CC1.Cl. The molecule has 1 saturated heterocycles. The Kier molecular flexibility index (Phi) is 10.6. The average Bonchev–Trinajstić information content (AvgIpc) is 2.64. The summed E-state index contributed by atoms with van der Waals surface area (Å²) in [6.45, 7) is 7.10. The van der Waals surface area contributed by atoms with Crippen molar-refractivity contribution in [1.82, 2.24) is 10.2 Å². The van der Waals surface area contributed by atoms with Gasteiger partial charge in [0.15, 0.2) is 5.78 Å². The molecule has 0 aliphatic carbocycles. The third kappa shape index (κ3) is 8.02. The molecule has 27 heavy (non-hydrogen) atoms. The average molecular weight is 395 g/mol. The van der Waals surface area contributed by atoms with Gasteiger partial charge in [0.1, 0.15) is 0 Å². The van der Waals surface area contributed by atoms with E-state index in [0.717, 1.165) is 50.4 Å². The first-order valence-corrected chi connectivity index (χ1v) is 10.0. The van der Waals surface area contributed by atoms with Crippen molar-refractivity contribution in [3.8, 4) is 0 Å². The van der Waals surface area contributed by atoms with Crippen LogP contribution in [0.2, 0.25) is 0 Å². The molecule has 0 unspecified atom stereocenters. The van der Waals surface area contributed by atoms with Gasteiger partial charge in [-0.05, 0) is 56.7 Å². The van der Waals surface area contributed by atoms with Gasteiger partial charge in [-0.2, -0.15) is 0 Å². The van der Waals surface area contributed by atoms with Gasteiger partial charge in [-0.1, -0.05) is 38.1 Å². The molecule has 0 atom stereocenters. The zero-order valence-electron chi connectivity index (χ0n) is 17.0. The fourth-order valence-corrected chi connectivity index (χ4v) is 3.64. The van der Waals surface area contributed by atoms with Crippen LogP contribution in [0.1, 0.15) is 61.9 Å². The largest absolute Gasteiger partial charge is 0.343 e. The number of ketones is 1. The van der Waals surface area contributed by atoms with Gasteiger partial charge < -0.3 is 10.2 Å². The van der Waals surface area contributed by atoms with Crippen LogP contribution in [-0.4, -0.2) is 43.3 Å². The standard InChI is InChI=1S/C22H34N2O2.ClH/c1-17(2)16-19-4-6-20(7-5-19)21(25)8-9-22(26)24-14-11-18(12-15-24)10-13-23-3;/h4-7,17-18,23H,8-16H2,1-3H3;1H. The number of likely N-dealkylation sites (tertiary alicyclic amines) is 1. The Morgan fingerprint density at radius 1 is 1.11 bits per heavy atom. The maximum atomic E-state index is 12.4. The molecular formula is C22H35ClN2O2. The molecule has 1 aromatic rings. The van der Waals surface area contributed by atoms with Gasteiger partial charge in [-0.15, -0.1) is 12.4 Å². The predicted octanol–water partition coefficient (Wildman–Crippen LogP) is 4.12. The first-order chi connectivity index (χ1) is 12.5. The number of hydrogen-bond donors (Lipinski definition) is 1. The molecule has 1 aromatic carbocycles. The second kappa shape index (κ2) is 12.1. The highest BCUT2D eigenvalue weighted by atomic mass is 35.5. The molecule has 5 heteroatoms. The fraction of sp³-hybridized carbons (Fsp3) is 0.636. The highest BCUT2D eigenvalue weighted by Crippen LogP contribution is 2.21. The lowest BCUT2D eigenvalue weighted by Crippen LogP contribution is -2.39. The molecule has 0 saturated carbocycles. The number of amides is 1. The minimum atomic E-state index is 0. The Morgan fingerprint density at radius 2 is 1.74 bits per heavy atom. The Morgan fingerprint density at radius 3 is 2.30 bits per heavy atom. The van der Waals surface area contributed by atoms with Gasteiger partial charge in [0.2, 0.25) is 5.91 Å². The molecule has 1 aliphatic heterocycles. The molecule has 1 fully saturated rings. The molecule has 0 radical (unpaired) electrons. The molecule has 2 rings (SSSR count). The summed E-state index contributed by atoms with van der Waals surface area (Å²) < 4.78 is 0. The molecule has 4 nitrogen and oxygen atoms in total. The molecule has 1 N–H and O–H groups in total. The summed E-state index contributed by atoms with van der Waals surface area (Å²) in [6.07, 6.45) is 5.01. The number of hydrogen-bond acceptors (Lipinski definition) is 3. The highest BCUT2D eigenvalue weighted by Gasteiger charge is 2.22. The van der Waals surface area contributed by atoms with Crippen molar-refractivity contribution in [2.75, 3.05) is 26.7 Å². The summed E-state index contributed by atoms with van der Waals surface area (Å²) in [7, 11) is 1.98. The van der Waals surface area contributed by atoms with Gasteiger partial charge in [-0.25, -0.2) is 0 Å². The topological polar surface area (TPSA) is 49.4 Å². The second-order valence-corrected chi connectivity index (χ2v) is 7.93. The van der Waals surface area contributed by atoms with E-state index in [1.165, 1.54) is 12.0 Å². The van der Waals surface area contributed by atoms with E-state index in [-0.39, 0.29) is 24.1 Å². The third-order valence-corrected chi connectivity index (χ3v) is 5.26. The Bertz CT molecular complexity index is 578. The first kappa shape index (κ1) is 23.6. The van der Waals surface area contributed by atoms with Gasteiger partial charge in [0.05, 0.1) is 0 Å². The van der Waals surface area contributed by atoms with Crippen molar-refractivity contribution < 1.29 is 9.59 Å². The molecule has 0 aromatic heterocycles. The number of rotatable bonds is 9. The lowest BCUT2D eigenvalue weighted by molar-refractivity contribution is -0.132. The fourth-order valence-electron chi connectivity index (χ4n) is 3.64. The minimum absolute atomic E-state index is 0. The van der Waals surface area contributed by atoms with Crippen molar-refractivity contribution in [2.24, 2.45) is 11.8 Å². The van der Waals surface area contributed by atoms with Crippen LogP contribution in [0.4, 0.5) is 0 Å². The van der Waals surface area contributed by atoms with Crippen molar-refractivity contribution in [3.05, 3.63) is 35.4 Å². The van der Waals surface area contributed by atoms with Crippen LogP contribution in [0.3, 0.4) is 0 Å². The normalized spacial score (nSPS) is 14.9. The quantitative estimate of drug-likeness (QED) is 0.641. The van der Waals surface area contributed by atoms with E-state index in [1.807, 2.05) is 36.2 Å². The smallest absolute Gasteiger partial charge is 0.223 e. The van der Waals surface area contributed by atoms with Crippen molar-refractivity contribution in [3.63, 3.8) is 0 Å². The molecule has 1 aliphatic rings. The molecule has 152 valence electrons. The Labute approximate surface area is 170 Å². The van der Waals surface area contributed by atoms with Crippen LogP contribution in [0.5, 0.6) is 0 Å². The molecular weight excluding hydrogens is 360 g/mol. The van der Waals surface area contributed by atoms with E-state index in [2.05, 4.69) is 19.2 Å². The maximum absolute atomic E-state index is 12.4. The maximum Gasteiger partial charge on any atom is 0.223 e. The van der Waals surface area contributed by atoms with Gasteiger partial charge in [0.25, 0.3) is 0 Å². The van der Waals surface area contributed by atoms with E-state index >= 15 is 0 Å². The number of nitrogens with zero attached hydrogens (tertiary/aromatic N) is 1. The van der Waals surface area contributed by atoms with Gasteiger partial charge in [-0.3, -0.25) is 9.59 Å². The lowest BCUT2D eigenvalue weighted by atomic mass is 9.93. The van der Waals surface area contributed by atoms with E-state index in [1.54, 1.807) is 0 Å². The van der Waals surface area contributed by atoms with E-state index in [4.69, 9.17) is 0 Å². The number of carbonyl (C=O) groups excluding carboxylic acids is 2. The summed E-state index contributed by atoms with van der Waals surface area (Å²) in [5.41, 5.74) is 1.98. The number of halogens is 1. The zero-order chi connectivity index (χ0) is 18.9. The first-order valence-electron chi connectivity index (χ1n) is 10.0. The van der Waals surface area contributed by atoms with Gasteiger partial charge >= 0.3 is 0 Å². The number of carbonyl (C=O) groups is 2. The van der Waals surface area contributed by atoms with E-state index < -0.39 is 0 Å². The monoisotopic (exact) mass is 394 g/mol. The predicted molar refractivity (Wildman–Crippen MR) is 114 cm³/mol. The minimum Gasteiger partial charge on any atom is -0.343 e. The number of nitrogens with one attached hydrogen (secondary N) is 1. The summed E-state index contributed by atoms with van der Waals surface area (Å²) in [6, 6.07) is 7.87. The van der Waals surface area contributed by atoms with Crippen molar-refractivity contribution >= 4 is 24.1 Å². The Balaban J connectivity index is 0.00000364. The number of Topliss-reactive ketones (excluding diaryl/α,β-unsaturated/α-hetero) is 1. The molecule has 0 bridgehead atoms. The van der Waals surface area contributed by atoms with E-state index in [9.17, 15) is 9.59 Å². The summed E-state index contributed by atoms with van der Waals surface area (Å²) >= 11 is 0. The molecule has 1 amide bonds. The summed E-state index contributed by atoms with van der Waals surface area (Å²) in [5.74, 6) is 1.52. The highest BCUT2D eigenvalue weighted by molar-refractivity contribution is 5.98. The van der Waals surface area contributed by atoms with Crippen LogP contribution in [-0.2, 0) is 11.2 Å². The lowest BCUT2D eigenvalue weighted by Gasteiger charge is -2.32. The van der Waals surface area contributed by atoms with Crippen LogP contribution < -0.4 is 5.32 Å². The van der Waals surface area contributed by atoms with Crippen molar-refractivity contribution in [2.45, 2.75) is 52.4 Å². The summed E-state index contributed by atoms with van der Waals surface area (Å²) in [4.78, 5) is 26.7. The van der Waals surface area contributed by atoms with Crippen molar-refractivity contribution in [1.29, 1.82) is 0 Å². The van der Waals surface area contributed by atoms with Gasteiger partial charge in [0, 0.05) is 31.5 Å². The van der Waals surface area contributed by atoms with Crippen LogP contribution in [0, 0.1) is 11.8 Å². The number of piperidine rings is 1. The van der Waals surface area contributed by atoms with Crippen LogP contribution in [0.25, 0.3) is 0 Å². The van der Waals surface area contributed by atoms with Crippen LogP contribution in [0.15, 0.2) is 24.3 Å². The Hall–Kier alpha value is -1.39. The second-order valence-electron chi connectivity index (χ2n) is 7.93. The van der Waals surface area contributed by atoms with Crippen LogP contribution >= 0.6 is 12.4 Å².